The van der Waals surface area contributed by atoms with Crippen LogP contribution in [-0.2, 0) is 25.6 Å². The molecule has 8 rings (SSSR count). The van der Waals surface area contributed by atoms with E-state index in [1.54, 1.807) is 18.2 Å². The molecule has 0 saturated carbocycles. The number of likely N-dealkylation sites (tertiary alicyclic amines) is 1. The topological polar surface area (TPSA) is 105 Å². The predicted octanol–water partition coefficient (Wildman–Crippen LogP) is 4.12. The minimum absolute atomic E-state index is 0.0198. The Hall–Kier alpha value is -3.51. The highest BCUT2D eigenvalue weighted by Crippen LogP contribution is 2.40. The highest BCUT2D eigenvalue weighted by atomic mass is 19.1. The first-order chi connectivity index (χ1) is 22.5. The van der Waals surface area contributed by atoms with E-state index in [9.17, 15) is 14.3 Å². The second-order valence-corrected chi connectivity index (χ2v) is 13.5. The summed E-state index contributed by atoms with van der Waals surface area (Å²) < 4.78 is 38.1. The smallest absolute Gasteiger partial charge is 0.335 e. The van der Waals surface area contributed by atoms with E-state index in [2.05, 4.69) is 21.2 Å². The molecule has 0 aliphatic carbocycles. The maximum absolute atomic E-state index is 14.8. The fourth-order valence-electron chi connectivity index (χ4n) is 7.76. The Balaban J connectivity index is 0.922. The molecule has 6 aliphatic rings. The molecule has 10 nitrogen and oxygen atoms in total. The number of nitrogens with zero attached hydrogens (tertiary/aromatic N) is 3. The fourth-order valence-corrected chi connectivity index (χ4v) is 7.76. The van der Waals surface area contributed by atoms with Gasteiger partial charge in [-0.3, -0.25) is 4.90 Å². The summed E-state index contributed by atoms with van der Waals surface area (Å²) in [6.07, 6.45) is 6.26. The highest BCUT2D eigenvalue weighted by molar-refractivity contribution is 5.92. The van der Waals surface area contributed by atoms with E-state index in [-0.39, 0.29) is 42.6 Å². The second-order valence-electron chi connectivity index (χ2n) is 13.5. The molecule has 6 unspecified atom stereocenters. The van der Waals surface area contributed by atoms with E-state index in [0.29, 0.717) is 55.3 Å². The zero-order valence-electron chi connectivity index (χ0n) is 25.9. The number of rotatable bonds is 8. The molecule has 2 aromatic carbocycles. The second kappa shape index (κ2) is 12.6. The van der Waals surface area contributed by atoms with Gasteiger partial charge in [-0.1, -0.05) is 18.2 Å². The molecule has 6 atom stereocenters. The van der Waals surface area contributed by atoms with Crippen LogP contribution in [0.15, 0.2) is 53.5 Å². The minimum Gasteiger partial charge on any atom is -0.478 e. The van der Waals surface area contributed by atoms with Gasteiger partial charge in [-0.15, -0.1) is 0 Å². The van der Waals surface area contributed by atoms with Gasteiger partial charge in [0.25, 0.3) is 0 Å². The Morgan fingerprint density at radius 3 is 2.72 bits per heavy atom. The van der Waals surface area contributed by atoms with Gasteiger partial charge in [0.2, 0.25) is 5.90 Å². The molecule has 4 saturated heterocycles. The Morgan fingerprint density at radius 2 is 1.96 bits per heavy atom. The first-order valence-corrected chi connectivity index (χ1v) is 16.6. The molecule has 0 bridgehead atoms. The van der Waals surface area contributed by atoms with Crippen molar-refractivity contribution in [2.75, 3.05) is 69.4 Å². The van der Waals surface area contributed by atoms with Gasteiger partial charge in [0.15, 0.2) is 0 Å². The molecule has 6 aliphatic heterocycles. The normalized spacial score (nSPS) is 30.5. The number of aliphatic imine (C=N–C) groups is 1. The Kier molecular flexibility index (Phi) is 8.18. The number of carbonyl (C=O) groups is 1. The number of ether oxygens (including phenoxy) is 4. The molecule has 0 spiro atoms. The molecule has 4 fully saturated rings. The van der Waals surface area contributed by atoms with Crippen molar-refractivity contribution < 1.29 is 33.2 Å². The lowest BCUT2D eigenvalue weighted by atomic mass is 9.76. The van der Waals surface area contributed by atoms with E-state index in [4.69, 9.17) is 23.9 Å². The van der Waals surface area contributed by atoms with Crippen molar-refractivity contribution in [3.8, 4) is 0 Å². The van der Waals surface area contributed by atoms with Crippen LogP contribution < -0.4 is 10.2 Å². The Morgan fingerprint density at radius 1 is 1.09 bits per heavy atom. The summed E-state index contributed by atoms with van der Waals surface area (Å²) in [5, 5.41) is 13.3. The molecule has 46 heavy (non-hydrogen) atoms. The van der Waals surface area contributed by atoms with Crippen LogP contribution >= 0.6 is 0 Å². The third-order valence-electron chi connectivity index (χ3n) is 10.6. The molecule has 0 aromatic heterocycles. The van der Waals surface area contributed by atoms with Crippen molar-refractivity contribution in [2.24, 2.45) is 22.7 Å². The first kappa shape index (κ1) is 29.9. The number of aromatic carboxylic acids is 1. The van der Waals surface area contributed by atoms with Crippen molar-refractivity contribution in [1.82, 2.24) is 4.90 Å². The van der Waals surface area contributed by atoms with Gasteiger partial charge in [0, 0.05) is 43.6 Å². The molecule has 6 heterocycles. The van der Waals surface area contributed by atoms with Crippen LogP contribution in [0.2, 0.25) is 0 Å². The summed E-state index contributed by atoms with van der Waals surface area (Å²) >= 11 is 0. The lowest BCUT2D eigenvalue weighted by Gasteiger charge is -2.43. The number of halogens is 1. The quantitative estimate of drug-likeness (QED) is 0.445. The molecule has 244 valence electrons. The third kappa shape index (κ3) is 5.90. The van der Waals surface area contributed by atoms with Gasteiger partial charge >= 0.3 is 5.97 Å². The largest absolute Gasteiger partial charge is 0.478 e. The van der Waals surface area contributed by atoms with E-state index in [1.165, 1.54) is 0 Å². The number of carboxylic acids is 1. The van der Waals surface area contributed by atoms with Gasteiger partial charge in [-0.05, 0) is 67.1 Å². The summed E-state index contributed by atoms with van der Waals surface area (Å²) in [5.41, 5.74) is 3.68. The average molecular weight is 633 g/mol. The summed E-state index contributed by atoms with van der Waals surface area (Å²) in [6.45, 7) is 6.91. The van der Waals surface area contributed by atoms with Crippen molar-refractivity contribution in [3.05, 3.63) is 71.1 Å². The van der Waals surface area contributed by atoms with Gasteiger partial charge in [0.1, 0.15) is 18.6 Å². The summed E-state index contributed by atoms with van der Waals surface area (Å²) in [4.78, 5) is 21.6. The number of nitrogens with one attached hydrogen (secondary N) is 1. The van der Waals surface area contributed by atoms with Crippen molar-refractivity contribution in [2.45, 2.75) is 43.7 Å². The summed E-state index contributed by atoms with van der Waals surface area (Å²) in [5.74, 6) is 0.548. The van der Waals surface area contributed by atoms with E-state index in [1.807, 2.05) is 24.3 Å². The maximum Gasteiger partial charge on any atom is 0.335 e. The maximum atomic E-state index is 14.8. The van der Waals surface area contributed by atoms with Crippen LogP contribution in [0.25, 0.3) is 0 Å². The Bertz CT molecular complexity index is 1530. The zero-order valence-corrected chi connectivity index (χ0v) is 25.9. The van der Waals surface area contributed by atoms with E-state index in [0.717, 1.165) is 62.6 Å². The van der Waals surface area contributed by atoms with Gasteiger partial charge in [0.05, 0.1) is 55.5 Å². The number of dihydropyridines is 1. The fraction of sp³-hybridized carbons (Fsp3) is 0.543. The van der Waals surface area contributed by atoms with Gasteiger partial charge in [-0.2, -0.15) is 0 Å². The number of hydrogen-bond donors (Lipinski definition) is 2. The molecular formula is C35H41FN4O6. The number of benzene rings is 2. The minimum atomic E-state index is -0.922. The highest BCUT2D eigenvalue weighted by Gasteiger charge is 2.43. The lowest BCUT2D eigenvalue weighted by molar-refractivity contribution is -0.0453. The van der Waals surface area contributed by atoms with Crippen LogP contribution in [0.5, 0.6) is 0 Å². The monoisotopic (exact) mass is 632 g/mol. The van der Waals surface area contributed by atoms with Crippen molar-refractivity contribution in [1.29, 1.82) is 0 Å². The molecule has 0 amide bonds. The Labute approximate surface area is 268 Å². The van der Waals surface area contributed by atoms with E-state index < -0.39 is 5.97 Å². The van der Waals surface area contributed by atoms with Gasteiger partial charge in [-0.25, -0.2) is 14.2 Å². The van der Waals surface area contributed by atoms with Crippen LogP contribution in [0.4, 0.5) is 15.8 Å². The predicted molar refractivity (Wildman–Crippen MR) is 170 cm³/mol. The SMILES string of the molecule is O=C(O)c1ccc2c(c1)N(CC1CCO1)C(CN1CCC3C(COCC4C=CC(OCc5ccc(C6COC6)cc5F)=NC43)C1)N2. The first-order valence-electron chi connectivity index (χ1n) is 16.6. The van der Waals surface area contributed by atoms with Crippen LogP contribution in [0.1, 0.15) is 40.2 Å². The molecule has 11 heteroatoms. The van der Waals surface area contributed by atoms with Crippen LogP contribution in [0.3, 0.4) is 0 Å². The molecular weight excluding hydrogens is 591 g/mol. The van der Waals surface area contributed by atoms with Crippen LogP contribution in [0, 0.1) is 23.6 Å². The average Bonchev–Trinajstić information content (AvgIpc) is 3.22. The number of anilines is 2. The summed E-state index contributed by atoms with van der Waals surface area (Å²) in [7, 11) is 0. The molecule has 2 aromatic rings. The standard InChI is InChI=1S/C35H41FN4O6/c36-29-11-21(26-18-44-19-26)1-2-23(29)20-46-33-6-4-24-16-43-17-25-13-39(9-7-28(25)34(24)38-33)15-32-37-30-5-3-22(35(41)42)12-31(30)40(32)14-27-8-10-45-27/h1-6,11-12,24-28,32,34,37H,7-10,13-20H2,(H,41,42). The van der Waals surface area contributed by atoms with Crippen LogP contribution in [-0.4, -0.2) is 99.4 Å². The number of carboxylic acid groups (broad SMARTS) is 1. The van der Waals surface area contributed by atoms with Gasteiger partial charge < -0.3 is 34.3 Å². The van der Waals surface area contributed by atoms with Crippen molar-refractivity contribution in [3.63, 3.8) is 0 Å². The van der Waals surface area contributed by atoms with E-state index >= 15 is 0 Å². The van der Waals surface area contributed by atoms with Crippen molar-refractivity contribution >= 4 is 23.2 Å². The number of hydrogen-bond acceptors (Lipinski definition) is 9. The number of fused-ring (bicyclic) bond motifs is 4. The number of piperidine rings is 1. The zero-order chi connectivity index (χ0) is 31.2. The molecule has 0 radical (unpaired) electrons. The lowest BCUT2D eigenvalue weighted by Crippen LogP contribution is -2.53. The molecule has 2 N–H and O–H groups in total. The summed E-state index contributed by atoms with van der Waals surface area (Å²) in [6, 6.07) is 10.8. The third-order valence-corrected chi connectivity index (χ3v) is 10.6.